The molecule has 0 fully saturated rings. The molecule has 0 aliphatic rings. The summed E-state index contributed by atoms with van der Waals surface area (Å²) in [6.07, 6.45) is -0.773. The predicted octanol–water partition coefficient (Wildman–Crippen LogP) is 3.58. The molecular formula is C19H15NO6. The molecule has 0 aliphatic heterocycles. The summed E-state index contributed by atoms with van der Waals surface area (Å²) < 4.78 is 15.2. The second kappa shape index (κ2) is 7.52. The molecule has 3 aromatic rings. The van der Waals surface area contributed by atoms with Crippen molar-refractivity contribution < 1.29 is 23.5 Å². The van der Waals surface area contributed by atoms with Gasteiger partial charge in [0.15, 0.2) is 5.75 Å². The van der Waals surface area contributed by atoms with Gasteiger partial charge in [0, 0.05) is 5.69 Å². The minimum Gasteiger partial charge on any atom is -0.462 e. The number of fused-ring (bicyclic) bond motifs is 1. The van der Waals surface area contributed by atoms with Crippen LogP contribution in [0.5, 0.6) is 5.75 Å². The lowest BCUT2D eigenvalue weighted by atomic mass is 10.2. The van der Waals surface area contributed by atoms with Gasteiger partial charge in [0.05, 0.1) is 23.6 Å². The van der Waals surface area contributed by atoms with Gasteiger partial charge in [-0.05, 0) is 43.3 Å². The highest BCUT2D eigenvalue weighted by atomic mass is 16.6. The molecule has 1 heterocycles. The summed E-state index contributed by atoms with van der Waals surface area (Å²) in [5.74, 6) is -0.346. The third-order valence-corrected chi connectivity index (χ3v) is 3.46. The van der Waals surface area contributed by atoms with Gasteiger partial charge in [-0.2, -0.15) is 0 Å². The van der Waals surface area contributed by atoms with Crippen LogP contribution in [0.1, 0.15) is 17.3 Å². The molecule has 1 aromatic heterocycles. The smallest absolute Gasteiger partial charge is 0.417 e. The van der Waals surface area contributed by atoms with Gasteiger partial charge in [0.2, 0.25) is 0 Å². The molecule has 1 N–H and O–H groups in total. The zero-order chi connectivity index (χ0) is 18.5. The van der Waals surface area contributed by atoms with Crippen LogP contribution in [0.3, 0.4) is 0 Å². The Hall–Kier alpha value is -3.61. The fourth-order valence-electron chi connectivity index (χ4n) is 2.31. The third kappa shape index (κ3) is 3.89. The Bertz CT molecular complexity index is 1010. The van der Waals surface area contributed by atoms with Crippen molar-refractivity contribution in [3.8, 4) is 5.75 Å². The molecular weight excluding hydrogens is 338 g/mol. The zero-order valence-electron chi connectivity index (χ0n) is 13.9. The molecule has 0 spiro atoms. The summed E-state index contributed by atoms with van der Waals surface area (Å²) in [6.45, 7) is 2.00. The second-order valence-corrected chi connectivity index (χ2v) is 5.24. The quantitative estimate of drug-likeness (QED) is 0.569. The molecule has 0 saturated heterocycles. The normalized spacial score (nSPS) is 10.3. The van der Waals surface area contributed by atoms with E-state index in [1.54, 1.807) is 43.3 Å². The second-order valence-electron chi connectivity index (χ2n) is 5.24. The number of rotatable bonds is 4. The first-order valence-electron chi connectivity index (χ1n) is 7.85. The van der Waals surface area contributed by atoms with Crippen LogP contribution in [-0.4, -0.2) is 18.7 Å². The first kappa shape index (κ1) is 17.2. The lowest BCUT2D eigenvalue weighted by Gasteiger charge is -2.08. The number of amides is 1. The van der Waals surface area contributed by atoms with Crippen LogP contribution in [0.2, 0.25) is 0 Å². The molecule has 3 rings (SSSR count). The number of para-hydroxylation sites is 1. The third-order valence-electron chi connectivity index (χ3n) is 3.46. The van der Waals surface area contributed by atoms with Crippen molar-refractivity contribution in [1.29, 1.82) is 0 Å². The predicted molar refractivity (Wildman–Crippen MR) is 94.5 cm³/mol. The minimum atomic E-state index is -0.773. The molecule has 0 unspecified atom stereocenters. The van der Waals surface area contributed by atoms with Crippen molar-refractivity contribution in [1.82, 2.24) is 0 Å². The first-order valence-corrected chi connectivity index (χ1v) is 7.85. The molecule has 0 atom stereocenters. The highest BCUT2D eigenvalue weighted by Gasteiger charge is 2.12. The van der Waals surface area contributed by atoms with Crippen LogP contribution in [0.25, 0.3) is 11.0 Å². The summed E-state index contributed by atoms with van der Waals surface area (Å²) in [6, 6.07) is 14.0. The maximum absolute atomic E-state index is 12.1. The topological polar surface area (TPSA) is 94.8 Å². The number of benzene rings is 2. The molecule has 7 heteroatoms. The summed E-state index contributed by atoms with van der Waals surface area (Å²) >= 11 is 0. The van der Waals surface area contributed by atoms with Gasteiger partial charge in [-0.3, -0.25) is 5.32 Å². The number of hydrogen-bond acceptors (Lipinski definition) is 6. The van der Waals surface area contributed by atoms with Crippen LogP contribution in [0, 0.1) is 0 Å². The van der Waals surface area contributed by atoms with Crippen molar-refractivity contribution in [2.24, 2.45) is 0 Å². The first-order chi connectivity index (χ1) is 12.6. The lowest BCUT2D eigenvalue weighted by molar-refractivity contribution is 0.0526. The molecule has 0 radical (unpaired) electrons. The SMILES string of the molecule is CCOC(=O)c1ccc(NC(=O)Oc2cc(=O)oc3ccccc23)cc1. The van der Waals surface area contributed by atoms with Gasteiger partial charge in [-0.15, -0.1) is 0 Å². The maximum Gasteiger partial charge on any atom is 0.417 e. The van der Waals surface area contributed by atoms with Crippen LogP contribution in [-0.2, 0) is 4.74 Å². The highest BCUT2D eigenvalue weighted by Crippen LogP contribution is 2.23. The van der Waals surface area contributed by atoms with Gasteiger partial charge >= 0.3 is 17.7 Å². The van der Waals surface area contributed by atoms with E-state index in [1.165, 1.54) is 12.1 Å². The van der Waals surface area contributed by atoms with Crippen LogP contribution in [0.4, 0.5) is 10.5 Å². The van der Waals surface area contributed by atoms with Crippen molar-refractivity contribution >= 4 is 28.7 Å². The minimum absolute atomic E-state index is 0.0949. The van der Waals surface area contributed by atoms with Gasteiger partial charge in [0.25, 0.3) is 0 Å². The van der Waals surface area contributed by atoms with Gasteiger partial charge in [-0.25, -0.2) is 14.4 Å². The van der Waals surface area contributed by atoms with Gasteiger partial charge < -0.3 is 13.9 Å². The number of carbonyl (C=O) groups excluding carboxylic acids is 2. The van der Waals surface area contributed by atoms with E-state index < -0.39 is 17.7 Å². The number of nitrogens with one attached hydrogen (secondary N) is 1. The average Bonchev–Trinajstić information content (AvgIpc) is 2.62. The summed E-state index contributed by atoms with van der Waals surface area (Å²) in [7, 11) is 0. The molecule has 7 nitrogen and oxygen atoms in total. The van der Waals surface area contributed by atoms with Gasteiger partial charge in [0.1, 0.15) is 5.58 Å². The monoisotopic (exact) mass is 353 g/mol. The Labute approximate surface area is 148 Å². The maximum atomic E-state index is 12.1. The largest absolute Gasteiger partial charge is 0.462 e. The summed E-state index contributed by atoms with van der Waals surface area (Å²) in [5, 5.41) is 3.03. The van der Waals surface area contributed by atoms with E-state index in [4.69, 9.17) is 13.9 Å². The van der Waals surface area contributed by atoms with Crippen LogP contribution < -0.4 is 15.7 Å². The number of ether oxygens (including phenoxy) is 2. The molecule has 132 valence electrons. The number of hydrogen-bond donors (Lipinski definition) is 1. The van der Waals surface area contributed by atoms with Crippen molar-refractivity contribution in [2.75, 3.05) is 11.9 Å². The Balaban J connectivity index is 1.73. The van der Waals surface area contributed by atoms with E-state index in [2.05, 4.69) is 5.32 Å². The van der Waals surface area contributed by atoms with Crippen molar-refractivity contribution in [2.45, 2.75) is 6.92 Å². The molecule has 26 heavy (non-hydrogen) atoms. The zero-order valence-corrected chi connectivity index (χ0v) is 13.9. The summed E-state index contributed by atoms with van der Waals surface area (Å²) in [5.41, 5.74) is 0.500. The number of carbonyl (C=O) groups is 2. The van der Waals surface area contributed by atoms with Crippen LogP contribution in [0.15, 0.2) is 63.8 Å². The van der Waals surface area contributed by atoms with Crippen molar-refractivity contribution in [3.05, 3.63) is 70.6 Å². The fourth-order valence-corrected chi connectivity index (χ4v) is 2.31. The van der Waals surface area contributed by atoms with Crippen LogP contribution >= 0.6 is 0 Å². The van der Waals surface area contributed by atoms with E-state index >= 15 is 0 Å². The molecule has 1 amide bonds. The van der Waals surface area contributed by atoms with E-state index in [0.717, 1.165) is 6.07 Å². The lowest BCUT2D eigenvalue weighted by Crippen LogP contribution is -2.17. The van der Waals surface area contributed by atoms with E-state index in [-0.39, 0.29) is 12.4 Å². The standard InChI is InChI=1S/C19H15NO6/c1-2-24-18(22)12-7-9-13(10-8-12)20-19(23)26-16-11-17(21)25-15-6-4-3-5-14(15)16/h3-11H,2H2,1H3,(H,20,23). The molecule has 0 bridgehead atoms. The van der Waals surface area contributed by atoms with E-state index in [0.29, 0.717) is 22.2 Å². The Kier molecular flexibility index (Phi) is 4.98. The number of esters is 1. The Morgan fingerprint density at radius 1 is 1.08 bits per heavy atom. The Morgan fingerprint density at radius 2 is 1.81 bits per heavy atom. The average molecular weight is 353 g/mol. The fraction of sp³-hybridized carbons (Fsp3) is 0.105. The molecule has 0 aliphatic carbocycles. The Morgan fingerprint density at radius 3 is 2.54 bits per heavy atom. The van der Waals surface area contributed by atoms with E-state index in [9.17, 15) is 14.4 Å². The molecule has 0 saturated carbocycles. The van der Waals surface area contributed by atoms with Gasteiger partial charge in [-0.1, -0.05) is 12.1 Å². The number of anilines is 1. The van der Waals surface area contributed by atoms with Crippen molar-refractivity contribution in [3.63, 3.8) is 0 Å². The summed E-state index contributed by atoms with van der Waals surface area (Å²) in [4.78, 5) is 35.3. The van der Waals surface area contributed by atoms with E-state index in [1.807, 2.05) is 0 Å². The molecule has 2 aromatic carbocycles. The highest BCUT2D eigenvalue weighted by molar-refractivity contribution is 5.92.